The summed E-state index contributed by atoms with van der Waals surface area (Å²) in [6.45, 7) is 2.32. The van der Waals surface area contributed by atoms with Gasteiger partial charge in [0.15, 0.2) is 11.5 Å². The van der Waals surface area contributed by atoms with Crippen molar-refractivity contribution in [3.05, 3.63) is 44.9 Å². The summed E-state index contributed by atoms with van der Waals surface area (Å²) in [5.74, 6) is 1.08. The summed E-state index contributed by atoms with van der Waals surface area (Å²) in [6, 6.07) is 8.34. The summed E-state index contributed by atoms with van der Waals surface area (Å²) in [4.78, 5) is 12.7. The second-order valence-electron chi connectivity index (χ2n) is 5.78. The Balaban J connectivity index is 2.39. The third kappa shape index (κ3) is 5.38. The van der Waals surface area contributed by atoms with Crippen LogP contribution in [0.25, 0.3) is 6.08 Å². The van der Waals surface area contributed by atoms with Crippen LogP contribution in [0.5, 0.6) is 23.0 Å². The van der Waals surface area contributed by atoms with Gasteiger partial charge in [0, 0.05) is 12.1 Å². The lowest BCUT2D eigenvalue weighted by molar-refractivity contribution is -0.112. The van der Waals surface area contributed by atoms with Crippen molar-refractivity contribution in [2.24, 2.45) is 0 Å². The monoisotopic (exact) mass is 494 g/mol. The van der Waals surface area contributed by atoms with E-state index in [2.05, 4.69) is 21.2 Å². The molecule has 1 N–H and O–H groups in total. The number of carbonyl (C=O) groups is 1. The number of benzene rings is 2. The molecule has 0 aliphatic heterocycles. The highest BCUT2D eigenvalue weighted by Crippen LogP contribution is 2.38. The smallest absolute Gasteiger partial charge is 0.266 e. The van der Waals surface area contributed by atoms with Crippen molar-refractivity contribution in [1.29, 1.82) is 5.26 Å². The molecule has 0 aliphatic carbocycles. The van der Waals surface area contributed by atoms with Gasteiger partial charge >= 0.3 is 0 Å². The Bertz CT molecular complexity index is 1020. The minimum absolute atomic E-state index is 0.121. The molecule has 30 heavy (non-hydrogen) atoms. The fourth-order valence-electron chi connectivity index (χ4n) is 2.57. The lowest BCUT2D eigenvalue weighted by Gasteiger charge is -2.13. The second-order valence-corrected chi connectivity index (χ2v) is 7.04. The number of amides is 1. The van der Waals surface area contributed by atoms with Crippen LogP contribution < -0.4 is 24.3 Å². The van der Waals surface area contributed by atoms with Crippen molar-refractivity contribution in [3.8, 4) is 29.1 Å². The number of rotatable bonds is 8. The van der Waals surface area contributed by atoms with Gasteiger partial charge in [-0.25, -0.2) is 0 Å². The zero-order valence-electron chi connectivity index (χ0n) is 16.8. The Labute approximate surface area is 188 Å². The van der Waals surface area contributed by atoms with Crippen molar-refractivity contribution < 1.29 is 23.7 Å². The maximum Gasteiger partial charge on any atom is 0.266 e. The lowest BCUT2D eigenvalue weighted by Crippen LogP contribution is -2.14. The first-order chi connectivity index (χ1) is 14.4. The summed E-state index contributed by atoms with van der Waals surface area (Å²) in [5.41, 5.74) is 0.772. The van der Waals surface area contributed by atoms with E-state index in [0.29, 0.717) is 50.4 Å². The van der Waals surface area contributed by atoms with Crippen LogP contribution in [0, 0.1) is 11.3 Å². The first kappa shape index (κ1) is 23.4. The normalized spacial score (nSPS) is 10.8. The van der Waals surface area contributed by atoms with Gasteiger partial charge in [-0.3, -0.25) is 4.79 Å². The molecule has 0 saturated heterocycles. The van der Waals surface area contributed by atoms with E-state index in [4.69, 9.17) is 30.5 Å². The van der Waals surface area contributed by atoms with Crippen molar-refractivity contribution >= 4 is 45.2 Å². The third-order valence-corrected chi connectivity index (χ3v) is 4.82. The van der Waals surface area contributed by atoms with Gasteiger partial charge in [-0.2, -0.15) is 5.26 Å². The Hall–Kier alpha value is -2.89. The Morgan fingerprint density at radius 1 is 1.13 bits per heavy atom. The number of hydrogen-bond donors (Lipinski definition) is 1. The van der Waals surface area contributed by atoms with Gasteiger partial charge in [0.25, 0.3) is 5.91 Å². The summed E-state index contributed by atoms with van der Waals surface area (Å²) in [6.07, 6.45) is 1.44. The topological polar surface area (TPSA) is 89.8 Å². The van der Waals surface area contributed by atoms with Gasteiger partial charge in [0.2, 0.25) is 0 Å². The molecular formula is C21H20BrClN2O5. The minimum Gasteiger partial charge on any atom is -0.495 e. The first-order valence-corrected chi connectivity index (χ1v) is 9.90. The van der Waals surface area contributed by atoms with Crippen LogP contribution in [0.4, 0.5) is 5.69 Å². The van der Waals surface area contributed by atoms with E-state index in [9.17, 15) is 10.1 Å². The second kappa shape index (κ2) is 10.8. The van der Waals surface area contributed by atoms with Gasteiger partial charge < -0.3 is 24.3 Å². The average molecular weight is 496 g/mol. The molecule has 0 bridgehead atoms. The highest BCUT2D eigenvalue weighted by atomic mass is 79.9. The van der Waals surface area contributed by atoms with E-state index in [1.807, 2.05) is 13.0 Å². The average Bonchev–Trinajstić information content (AvgIpc) is 2.74. The molecule has 2 rings (SSSR count). The lowest BCUT2D eigenvalue weighted by atomic mass is 10.1. The number of halogens is 2. The molecule has 0 aliphatic rings. The molecule has 158 valence electrons. The summed E-state index contributed by atoms with van der Waals surface area (Å²) in [5, 5.41) is 12.5. The van der Waals surface area contributed by atoms with E-state index >= 15 is 0 Å². The summed E-state index contributed by atoms with van der Waals surface area (Å²) in [7, 11) is 4.41. The molecule has 0 fully saturated rings. The molecule has 0 aromatic heterocycles. The van der Waals surface area contributed by atoms with E-state index < -0.39 is 5.91 Å². The predicted molar refractivity (Wildman–Crippen MR) is 119 cm³/mol. The molecule has 0 atom stereocenters. The molecule has 1 amide bonds. The molecule has 2 aromatic carbocycles. The number of nitrogens with zero attached hydrogens (tertiary/aromatic N) is 1. The van der Waals surface area contributed by atoms with Gasteiger partial charge in [-0.15, -0.1) is 0 Å². The zero-order valence-corrected chi connectivity index (χ0v) is 19.2. The SMILES string of the molecule is CCOc1c(Br)cc(/C=C(\C#N)C(=O)Nc2cc(OC)c(Cl)cc2OC)cc1OC. The van der Waals surface area contributed by atoms with Crippen LogP contribution in [0.2, 0.25) is 5.02 Å². The van der Waals surface area contributed by atoms with Crippen LogP contribution in [-0.4, -0.2) is 33.8 Å². The molecule has 0 spiro atoms. The maximum atomic E-state index is 12.7. The minimum atomic E-state index is -0.621. The number of anilines is 1. The Morgan fingerprint density at radius 3 is 2.37 bits per heavy atom. The zero-order chi connectivity index (χ0) is 22.3. The van der Waals surface area contributed by atoms with Crippen LogP contribution >= 0.6 is 27.5 Å². The Kier molecular flexibility index (Phi) is 8.39. The van der Waals surface area contributed by atoms with Gasteiger partial charge in [-0.05, 0) is 46.6 Å². The van der Waals surface area contributed by atoms with Crippen LogP contribution in [0.3, 0.4) is 0 Å². The molecule has 7 nitrogen and oxygen atoms in total. The molecule has 0 saturated carbocycles. The van der Waals surface area contributed by atoms with Gasteiger partial charge in [0.05, 0.1) is 43.1 Å². The summed E-state index contributed by atoms with van der Waals surface area (Å²) >= 11 is 9.51. The molecule has 0 unspecified atom stereocenters. The van der Waals surface area contributed by atoms with Crippen molar-refractivity contribution in [2.75, 3.05) is 33.3 Å². The Morgan fingerprint density at radius 2 is 1.80 bits per heavy atom. The van der Waals surface area contributed by atoms with Crippen LogP contribution in [0.1, 0.15) is 12.5 Å². The predicted octanol–water partition coefficient (Wildman–Crippen LogP) is 5.07. The van der Waals surface area contributed by atoms with Crippen molar-refractivity contribution in [2.45, 2.75) is 6.92 Å². The van der Waals surface area contributed by atoms with E-state index in [1.54, 1.807) is 12.1 Å². The van der Waals surface area contributed by atoms with Gasteiger partial charge in [0.1, 0.15) is 23.1 Å². The summed E-state index contributed by atoms with van der Waals surface area (Å²) < 4.78 is 22.0. The van der Waals surface area contributed by atoms with Crippen molar-refractivity contribution in [1.82, 2.24) is 0 Å². The highest BCUT2D eigenvalue weighted by Gasteiger charge is 2.17. The number of hydrogen-bond acceptors (Lipinski definition) is 6. The standard InChI is InChI=1S/C21H20BrClN2O5/c1-5-30-20-14(22)7-12(8-19(20)29-4)6-13(11-24)21(26)25-16-10-17(27-2)15(23)9-18(16)28-3/h6-10H,5H2,1-4H3,(H,25,26)/b13-6+. The fraction of sp³-hybridized carbons (Fsp3) is 0.238. The van der Waals surface area contributed by atoms with Gasteiger partial charge in [-0.1, -0.05) is 11.6 Å². The molecule has 0 radical (unpaired) electrons. The fourth-order valence-corrected chi connectivity index (χ4v) is 3.38. The number of nitriles is 1. The van der Waals surface area contributed by atoms with E-state index in [-0.39, 0.29) is 5.57 Å². The number of carbonyl (C=O) groups excluding carboxylic acids is 1. The maximum absolute atomic E-state index is 12.7. The van der Waals surface area contributed by atoms with Crippen LogP contribution in [0.15, 0.2) is 34.3 Å². The van der Waals surface area contributed by atoms with Crippen LogP contribution in [-0.2, 0) is 4.79 Å². The quantitative estimate of drug-likeness (QED) is 0.406. The highest BCUT2D eigenvalue weighted by molar-refractivity contribution is 9.10. The molecule has 0 heterocycles. The third-order valence-electron chi connectivity index (χ3n) is 3.94. The van der Waals surface area contributed by atoms with E-state index in [1.165, 1.54) is 39.5 Å². The van der Waals surface area contributed by atoms with E-state index in [0.717, 1.165) is 0 Å². The molecular weight excluding hydrogens is 476 g/mol. The number of nitrogens with one attached hydrogen (secondary N) is 1. The molecule has 9 heteroatoms. The molecule has 2 aromatic rings. The first-order valence-electron chi connectivity index (χ1n) is 8.73. The largest absolute Gasteiger partial charge is 0.495 e. The number of ether oxygens (including phenoxy) is 4. The van der Waals surface area contributed by atoms with Crippen molar-refractivity contribution in [3.63, 3.8) is 0 Å². The number of methoxy groups -OCH3 is 3.